The number of aromatic nitrogens is 2. The summed E-state index contributed by atoms with van der Waals surface area (Å²) in [6, 6.07) is 50.9. The number of thiophene rings is 2. The highest BCUT2D eigenvalue weighted by Gasteiger charge is 2.24. The molecule has 0 aliphatic heterocycles. The first-order valence-electron chi connectivity index (χ1n) is 16.6. The molecule has 0 saturated carbocycles. The number of nitrogens with zero attached hydrogens (tertiary/aromatic N) is 2. The predicted molar refractivity (Wildman–Crippen MR) is 213 cm³/mol. The Kier molecular flexibility index (Phi) is 5.66. The summed E-state index contributed by atoms with van der Waals surface area (Å²) < 4.78 is 3.81. The Labute approximate surface area is 289 Å². The van der Waals surface area contributed by atoms with E-state index in [4.69, 9.17) is 9.97 Å². The van der Waals surface area contributed by atoms with E-state index < -0.39 is 0 Å². The number of hydrogen-bond acceptors (Lipinski definition) is 4. The first kappa shape index (κ1) is 27.3. The predicted octanol–water partition coefficient (Wildman–Crippen LogP) is 13.5. The van der Waals surface area contributed by atoms with Crippen LogP contribution in [-0.4, -0.2) is 9.97 Å². The molecule has 8 aromatic carbocycles. The van der Waals surface area contributed by atoms with Crippen LogP contribution in [0.3, 0.4) is 0 Å². The molecule has 0 saturated heterocycles. The lowest BCUT2D eigenvalue weighted by molar-refractivity contribution is 1.32. The van der Waals surface area contributed by atoms with Gasteiger partial charge in [-0.15, -0.1) is 22.7 Å². The van der Waals surface area contributed by atoms with Crippen LogP contribution in [-0.2, 0) is 0 Å². The standard InChI is InChI=1S/C45H26N2S2/c1-25-18-20-26(21-19-25)41-42(47-45-43(46-41)33-16-8-9-17-36(33)49-45)35-23-29-12-4-5-13-30(29)38-31-14-6-7-15-32(31)39-34-22-27-10-2-3-11-28(27)24-37(34)48-44(39)40(35)38/h2-24H,1H3. The lowest BCUT2D eigenvalue weighted by Gasteiger charge is -2.17. The summed E-state index contributed by atoms with van der Waals surface area (Å²) in [6.07, 6.45) is 0. The molecule has 0 fully saturated rings. The van der Waals surface area contributed by atoms with Crippen molar-refractivity contribution in [2.24, 2.45) is 0 Å². The van der Waals surface area contributed by atoms with E-state index in [1.54, 1.807) is 11.3 Å². The van der Waals surface area contributed by atoms with Crippen LogP contribution in [0.25, 0.3) is 106 Å². The van der Waals surface area contributed by atoms with Crippen molar-refractivity contribution in [3.63, 3.8) is 0 Å². The zero-order chi connectivity index (χ0) is 32.2. The third-order valence-corrected chi connectivity index (χ3v) is 12.3. The average Bonchev–Trinajstić information content (AvgIpc) is 3.71. The van der Waals surface area contributed by atoms with Gasteiger partial charge in [0.2, 0.25) is 0 Å². The van der Waals surface area contributed by atoms with Crippen LogP contribution >= 0.6 is 22.7 Å². The van der Waals surface area contributed by atoms with Gasteiger partial charge in [0, 0.05) is 46.8 Å². The van der Waals surface area contributed by atoms with Crippen LogP contribution in [0.1, 0.15) is 5.56 Å². The molecule has 3 aromatic heterocycles. The van der Waals surface area contributed by atoms with Gasteiger partial charge in [0.1, 0.15) is 10.3 Å². The Morgan fingerprint density at radius 1 is 0.449 bits per heavy atom. The van der Waals surface area contributed by atoms with Crippen LogP contribution in [0.2, 0.25) is 0 Å². The van der Waals surface area contributed by atoms with Crippen LogP contribution in [0.15, 0.2) is 140 Å². The summed E-state index contributed by atoms with van der Waals surface area (Å²) in [5.41, 5.74) is 6.24. The molecule has 0 radical (unpaired) electrons. The van der Waals surface area contributed by atoms with Gasteiger partial charge >= 0.3 is 0 Å². The fraction of sp³-hybridized carbons (Fsp3) is 0.0222. The maximum atomic E-state index is 5.58. The lowest BCUT2D eigenvalue weighted by Crippen LogP contribution is -1.96. The molecule has 11 aromatic rings. The second-order valence-electron chi connectivity index (χ2n) is 13.0. The van der Waals surface area contributed by atoms with Crippen molar-refractivity contribution in [2.45, 2.75) is 6.92 Å². The lowest BCUT2D eigenvalue weighted by atomic mass is 9.88. The molecule has 0 unspecified atom stereocenters. The molecule has 11 rings (SSSR count). The second-order valence-corrected chi connectivity index (χ2v) is 15.1. The van der Waals surface area contributed by atoms with Gasteiger partial charge in [0.25, 0.3) is 0 Å². The zero-order valence-electron chi connectivity index (χ0n) is 26.5. The van der Waals surface area contributed by atoms with Crippen molar-refractivity contribution in [1.82, 2.24) is 9.97 Å². The molecule has 2 nitrogen and oxygen atoms in total. The first-order valence-corrected chi connectivity index (χ1v) is 18.2. The molecule has 0 spiro atoms. The van der Waals surface area contributed by atoms with Crippen molar-refractivity contribution in [1.29, 1.82) is 0 Å². The minimum Gasteiger partial charge on any atom is -0.242 e. The topological polar surface area (TPSA) is 25.8 Å². The van der Waals surface area contributed by atoms with Gasteiger partial charge in [-0.3, -0.25) is 0 Å². The molecular weight excluding hydrogens is 633 g/mol. The van der Waals surface area contributed by atoms with Crippen LogP contribution in [0.4, 0.5) is 0 Å². The number of hydrogen-bond donors (Lipinski definition) is 0. The number of rotatable bonds is 2. The van der Waals surface area contributed by atoms with Crippen molar-refractivity contribution in [2.75, 3.05) is 0 Å². The van der Waals surface area contributed by atoms with E-state index in [0.29, 0.717) is 0 Å². The second kappa shape index (κ2) is 10.2. The van der Waals surface area contributed by atoms with Gasteiger partial charge in [-0.25, -0.2) is 9.97 Å². The Morgan fingerprint density at radius 3 is 1.90 bits per heavy atom. The first-order chi connectivity index (χ1) is 24.2. The van der Waals surface area contributed by atoms with E-state index in [1.165, 1.54) is 73.5 Å². The van der Waals surface area contributed by atoms with Crippen molar-refractivity contribution in [3.05, 3.63) is 145 Å². The zero-order valence-corrected chi connectivity index (χ0v) is 28.1. The molecule has 3 heterocycles. The van der Waals surface area contributed by atoms with E-state index in [-0.39, 0.29) is 0 Å². The normalized spacial score (nSPS) is 12.2. The molecule has 0 amide bonds. The molecule has 49 heavy (non-hydrogen) atoms. The fourth-order valence-corrected chi connectivity index (χ4v) is 10.1. The highest BCUT2D eigenvalue weighted by Crippen LogP contribution is 2.50. The van der Waals surface area contributed by atoms with Gasteiger partial charge in [0.15, 0.2) is 0 Å². The van der Waals surface area contributed by atoms with E-state index >= 15 is 0 Å². The number of fused-ring (bicyclic) bond motifs is 14. The van der Waals surface area contributed by atoms with Crippen molar-refractivity contribution in [3.8, 4) is 22.5 Å². The SMILES string of the molecule is Cc1ccc(-c2nc3c(nc2-c2cc4ccccc4c4c5ccccc5c5c6cc7ccccc7cc6sc5c24)sc2ccccc23)cc1. The molecule has 0 bridgehead atoms. The highest BCUT2D eigenvalue weighted by atomic mass is 32.1. The summed E-state index contributed by atoms with van der Waals surface area (Å²) in [5.74, 6) is 0. The smallest absolute Gasteiger partial charge is 0.143 e. The van der Waals surface area contributed by atoms with Gasteiger partial charge < -0.3 is 0 Å². The quantitative estimate of drug-likeness (QED) is 0.173. The largest absolute Gasteiger partial charge is 0.242 e. The van der Waals surface area contributed by atoms with Crippen LogP contribution in [0, 0.1) is 6.92 Å². The molecule has 0 aliphatic carbocycles. The fourth-order valence-electron chi connectivity index (χ4n) is 7.82. The third-order valence-electron chi connectivity index (χ3n) is 10.1. The summed E-state index contributed by atoms with van der Waals surface area (Å²) in [6.45, 7) is 2.13. The molecule has 228 valence electrons. The Balaban J connectivity index is 1.39. The van der Waals surface area contributed by atoms with Crippen molar-refractivity contribution < 1.29 is 0 Å². The Morgan fingerprint density at radius 2 is 1.10 bits per heavy atom. The maximum Gasteiger partial charge on any atom is 0.143 e. The van der Waals surface area contributed by atoms with E-state index in [9.17, 15) is 0 Å². The van der Waals surface area contributed by atoms with Gasteiger partial charge in [-0.05, 0) is 68.9 Å². The minimum absolute atomic E-state index is 0.917. The Bertz CT molecular complexity index is 3170. The third kappa shape index (κ3) is 3.93. The summed E-state index contributed by atoms with van der Waals surface area (Å²) in [5, 5.41) is 13.9. The molecule has 0 atom stereocenters. The van der Waals surface area contributed by atoms with Crippen LogP contribution in [0.5, 0.6) is 0 Å². The maximum absolute atomic E-state index is 5.58. The van der Waals surface area contributed by atoms with Crippen LogP contribution < -0.4 is 0 Å². The molecular formula is C45H26N2S2. The highest BCUT2D eigenvalue weighted by molar-refractivity contribution is 7.27. The van der Waals surface area contributed by atoms with Gasteiger partial charge in [-0.1, -0.05) is 121 Å². The number of aryl methyl sites for hydroxylation is 1. The van der Waals surface area contributed by atoms with Crippen molar-refractivity contribution >= 4 is 106 Å². The molecule has 0 N–H and O–H groups in total. The Hall–Kier alpha value is -5.68. The average molecular weight is 659 g/mol. The summed E-state index contributed by atoms with van der Waals surface area (Å²) in [7, 11) is 0. The van der Waals surface area contributed by atoms with E-state index in [2.05, 4.69) is 146 Å². The molecule has 4 heteroatoms. The number of benzene rings is 8. The minimum atomic E-state index is 0.917. The van der Waals surface area contributed by atoms with Gasteiger partial charge in [-0.2, -0.15) is 0 Å². The molecule has 0 aliphatic rings. The summed E-state index contributed by atoms with van der Waals surface area (Å²) >= 11 is 3.63. The van der Waals surface area contributed by atoms with E-state index in [0.717, 1.165) is 38.2 Å². The summed E-state index contributed by atoms with van der Waals surface area (Å²) in [4.78, 5) is 12.1. The van der Waals surface area contributed by atoms with E-state index in [1.807, 2.05) is 11.3 Å². The van der Waals surface area contributed by atoms with Gasteiger partial charge in [0.05, 0.1) is 11.4 Å². The monoisotopic (exact) mass is 658 g/mol.